The summed E-state index contributed by atoms with van der Waals surface area (Å²) in [6.07, 6.45) is 21.4. The van der Waals surface area contributed by atoms with E-state index < -0.39 is 8.24 Å². The molecule has 0 heterocycles. The summed E-state index contributed by atoms with van der Waals surface area (Å²) in [4.78, 5) is 0. The average molecular weight is 587 g/mol. The average Bonchev–Trinajstić information content (AvgIpc) is 2.86. The first kappa shape index (κ1) is 47.2. The third-order valence-electron chi connectivity index (χ3n) is 5.37. The van der Waals surface area contributed by atoms with E-state index in [0.717, 1.165) is 13.1 Å². The maximum atomic E-state index is 3.26. The Morgan fingerprint density at radius 3 is 0.944 bits per heavy atom. The molecule has 0 saturated heterocycles. The highest BCUT2D eigenvalue weighted by atomic mass is 31.0. The smallest absolute Gasteiger partial charge is 0.119 e. The van der Waals surface area contributed by atoms with Gasteiger partial charge in [-0.3, -0.25) is 0 Å². The zero-order chi connectivity index (χ0) is 28.9. The molecule has 0 saturated carbocycles. The van der Waals surface area contributed by atoms with E-state index in [2.05, 4.69) is 106 Å². The van der Waals surface area contributed by atoms with E-state index in [4.69, 9.17) is 0 Å². The third kappa shape index (κ3) is 60.1. The molecule has 3 unspecified atom stereocenters. The molecule has 1 N–H and O–H groups in total. The summed E-state index contributed by atoms with van der Waals surface area (Å²) in [6.45, 7) is 27.6. The van der Waals surface area contributed by atoms with Crippen LogP contribution in [0, 0.1) is 0 Å². The Morgan fingerprint density at radius 2 is 0.778 bits per heavy atom. The lowest BCUT2D eigenvalue weighted by atomic mass is 10.2. The fourth-order valence-corrected chi connectivity index (χ4v) is 5.94. The van der Waals surface area contributed by atoms with E-state index in [9.17, 15) is 0 Å². The normalized spacial score (nSPS) is 10.2. The van der Waals surface area contributed by atoms with Gasteiger partial charge in [0, 0.05) is 0 Å². The molecule has 0 rings (SSSR count). The molecule has 0 aromatic heterocycles. The summed E-state index contributed by atoms with van der Waals surface area (Å²) in [6, 6.07) is 0. The van der Waals surface area contributed by atoms with E-state index in [1.54, 1.807) is 0 Å². The van der Waals surface area contributed by atoms with Crippen LogP contribution in [0.15, 0.2) is 0 Å². The molecule has 36 heavy (non-hydrogen) atoms. The molecule has 0 aliphatic rings. The summed E-state index contributed by atoms with van der Waals surface area (Å²) in [5.41, 5.74) is 0. The molecule has 0 fully saturated rings. The van der Waals surface area contributed by atoms with Gasteiger partial charge in [0.15, 0.2) is 0 Å². The van der Waals surface area contributed by atoms with Gasteiger partial charge >= 0.3 is 0 Å². The van der Waals surface area contributed by atoms with Crippen molar-refractivity contribution in [3.63, 3.8) is 0 Å². The minimum absolute atomic E-state index is 1.02. The Labute approximate surface area is 241 Å². The summed E-state index contributed by atoms with van der Waals surface area (Å²) in [5, 5.41) is 3.26. The number of hydrogen-bond donors (Lipinski definition) is 1. The van der Waals surface area contributed by atoms with Gasteiger partial charge in [0.1, 0.15) is 8.24 Å². The highest BCUT2D eigenvalue weighted by Crippen LogP contribution is 2.09. The van der Waals surface area contributed by atoms with E-state index in [1.807, 2.05) is 0 Å². The Balaban J connectivity index is -0.000000114. The van der Waals surface area contributed by atoms with Crippen molar-refractivity contribution in [2.24, 2.45) is 0 Å². The summed E-state index contributed by atoms with van der Waals surface area (Å²) >= 11 is 0. The molecule has 0 aliphatic heterocycles. The van der Waals surface area contributed by atoms with Crippen LogP contribution in [-0.2, 0) is 0 Å². The van der Waals surface area contributed by atoms with Crippen molar-refractivity contribution >= 4 is 36.0 Å². The molecule has 6 heteroatoms. The van der Waals surface area contributed by atoms with Crippen molar-refractivity contribution in [2.75, 3.05) is 44.7 Å². The van der Waals surface area contributed by atoms with E-state index in [1.165, 1.54) is 115 Å². The Hall–Kier alpha value is 1.43. The minimum atomic E-state index is -1.02. The van der Waals surface area contributed by atoms with Crippen LogP contribution >= 0.6 is 27.7 Å². The van der Waals surface area contributed by atoms with Gasteiger partial charge in [0.2, 0.25) is 0 Å². The first-order valence-corrected chi connectivity index (χ1v) is 21.6. The monoisotopic (exact) mass is 587 g/mol. The highest BCUT2D eigenvalue weighted by Gasteiger charge is 2.21. The maximum absolute atomic E-state index is 3.26. The van der Waals surface area contributed by atoms with Crippen molar-refractivity contribution in [3.8, 4) is 0 Å². The lowest BCUT2D eigenvalue weighted by Gasteiger charge is -2.33. The molecule has 0 aromatic carbocycles. The van der Waals surface area contributed by atoms with Gasteiger partial charge in [-0.2, -0.15) is 0 Å². The third-order valence-corrected chi connectivity index (χ3v) is 8.52. The fraction of sp³-hybridized carbons (Fsp3) is 1.00. The van der Waals surface area contributed by atoms with Crippen LogP contribution in [0.1, 0.15) is 132 Å². The van der Waals surface area contributed by atoms with Crippen LogP contribution in [0.25, 0.3) is 0 Å². The molecule has 3 atom stereocenters. The molecule has 0 bridgehead atoms. The van der Waals surface area contributed by atoms with Gasteiger partial charge in [-0.05, 0) is 51.1 Å². The van der Waals surface area contributed by atoms with Crippen LogP contribution in [-0.4, -0.2) is 57.5 Å². The first-order valence-electron chi connectivity index (χ1n) is 15.7. The van der Waals surface area contributed by atoms with Crippen molar-refractivity contribution in [2.45, 2.75) is 152 Å². The van der Waals surface area contributed by atoms with Gasteiger partial charge in [-0.25, -0.2) is 0 Å². The SMILES string of the molecule is CCCCCC.CCCCCC.CCCCCC.CCCNCCP.C[Si](C)(C)N(CCP)CCP. The van der Waals surface area contributed by atoms with Crippen molar-refractivity contribution in [3.05, 3.63) is 0 Å². The predicted octanol–water partition coefficient (Wildman–Crippen LogP) is 10.5. The van der Waals surface area contributed by atoms with Gasteiger partial charge in [0.25, 0.3) is 0 Å². The second-order valence-corrected chi connectivity index (χ2v) is 17.1. The van der Waals surface area contributed by atoms with Crippen molar-refractivity contribution < 1.29 is 0 Å². The summed E-state index contributed by atoms with van der Waals surface area (Å²) < 4.78 is 2.65. The zero-order valence-electron chi connectivity index (χ0n) is 27.3. The van der Waals surface area contributed by atoms with Crippen LogP contribution in [0.3, 0.4) is 0 Å². The van der Waals surface area contributed by atoms with Crippen LogP contribution in [0.4, 0.5) is 0 Å². The Bertz CT molecular complexity index is 276. The molecule has 0 aliphatic carbocycles. The number of hydrogen-bond acceptors (Lipinski definition) is 2. The molecule has 2 nitrogen and oxygen atoms in total. The van der Waals surface area contributed by atoms with E-state index in [0.29, 0.717) is 0 Å². The summed E-state index contributed by atoms with van der Waals surface area (Å²) in [5.74, 6) is 0. The van der Waals surface area contributed by atoms with Gasteiger partial charge < -0.3 is 9.88 Å². The van der Waals surface area contributed by atoms with E-state index >= 15 is 0 Å². The molecule has 0 radical (unpaired) electrons. The Morgan fingerprint density at radius 1 is 0.472 bits per heavy atom. The lowest BCUT2D eigenvalue weighted by Crippen LogP contribution is -2.47. The summed E-state index contributed by atoms with van der Waals surface area (Å²) in [7, 11) is 7.28. The number of unbranched alkanes of at least 4 members (excludes halogenated alkanes) is 9. The van der Waals surface area contributed by atoms with Crippen LogP contribution in [0.2, 0.25) is 19.6 Å². The van der Waals surface area contributed by atoms with Gasteiger partial charge in [-0.1, -0.05) is 145 Å². The largest absolute Gasteiger partial charge is 0.323 e. The first-order chi connectivity index (χ1) is 17.2. The zero-order valence-corrected chi connectivity index (χ0v) is 31.8. The van der Waals surface area contributed by atoms with Crippen molar-refractivity contribution in [1.29, 1.82) is 0 Å². The van der Waals surface area contributed by atoms with Crippen LogP contribution < -0.4 is 5.32 Å². The molecule has 226 valence electrons. The topological polar surface area (TPSA) is 15.3 Å². The quantitative estimate of drug-likeness (QED) is 0.0976. The van der Waals surface area contributed by atoms with Crippen molar-refractivity contribution in [1.82, 2.24) is 9.88 Å². The molecule has 0 spiro atoms. The van der Waals surface area contributed by atoms with Crippen LogP contribution in [0.5, 0.6) is 0 Å². The standard InChI is InChI=1S/C7H21NP2Si.3C6H14.C5H14NP/c1-11(2,3)8(4-6-9)5-7-10;3*1-3-5-6-4-2;1-2-3-6-4-5-7/h4-7,9-10H2,1-3H3;3*3-6H2,1-2H3;6H,2-5,7H2,1H3. The fourth-order valence-electron chi connectivity index (χ4n) is 3.00. The number of nitrogens with one attached hydrogen (secondary N) is 1. The molecule has 0 amide bonds. The number of nitrogens with zero attached hydrogens (tertiary/aromatic N) is 1. The maximum Gasteiger partial charge on any atom is 0.119 e. The number of rotatable bonds is 18. The minimum Gasteiger partial charge on any atom is -0.323 e. The van der Waals surface area contributed by atoms with E-state index in [-0.39, 0.29) is 0 Å². The highest BCUT2D eigenvalue weighted by molar-refractivity contribution is 7.16. The molecule has 0 aromatic rings. The molecular weight excluding hydrogens is 509 g/mol. The molecular formula is C30H77N2P3Si. The Kier molecular flexibility index (Phi) is 60.7. The second-order valence-electron chi connectivity index (χ2n) is 10.4. The van der Waals surface area contributed by atoms with Gasteiger partial charge in [-0.15, -0.1) is 27.7 Å². The van der Waals surface area contributed by atoms with Gasteiger partial charge in [0.05, 0.1) is 0 Å². The lowest BCUT2D eigenvalue weighted by molar-refractivity contribution is 0.477. The predicted molar refractivity (Wildman–Crippen MR) is 191 cm³/mol. The second kappa shape index (κ2) is 46.3.